The summed E-state index contributed by atoms with van der Waals surface area (Å²) in [4.78, 5) is 16.8. The first-order valence-electron chi connectivity index (χ1n) is 8.63. The maximum absolute atomic E-state index is 11.7. The maximum Gasteiger partial charge on any atom is 0.249 e. The normalized spacial score (nSPS) is 24.3. The van der Waals surface area contributed by atoms with E-state index in [-0.39, 0.29) is 12.0 Å². The highest BCUT2D eigenvalue weighted by Gasteiger charge is 2.22. The number of rotatable bonds is 8. The molecule has 0 aromatic heterocycles. The van der Waals surface area contributed by atoms with E-state index in [0.717, 1.165) is 32.4 Å². The Hall–Kier alpha value is -0.650. The highest BCUT2D eigenvalue weighted by atomic mass is 16.5. The third kappa shape index (κ3) is 5.93. The van der Waals surface area contributed by atoms with Crippen LogP contribution in [0.15, 0.2) is 0 Å². The number of unbranched alkanes of at least 4 members (excludes halogenated alkanes) is 2. The standard InChI is InChI=1S/C16H31N3O2/c1-2-18-10-12-19(13-11-18)9-5-3-4-8-17-16(20)15-7-6-14-21-15/h15H,2-14H2,1H3,(H,17,20). The first-order valence-corrected chi connectivity index (χ1v) is 8.63. The fraction of sp³-hybridized carbons (Fsp3) is 0.938. The summed E-state index contributed by atoms with van der Waals surface area (Å²) in [6, 6.07) is 0. The highest BCUT2D eigenvalue weighted by Crippen LogP contribution is 2.11. The molecule has 122 valence electrons. The second-order valence-electron chi connectivity index (χ2n) is 6.13. The predicted octanol–water partition coefficient (Wildman–Crippen LogP) is 1.09. The Morgan fingerprint density at radius 2 is 1.90 bits per heavy atom. The van der Waals surface area contributed by atoms with E-state index in [2.05, 4.69) is 22.0 Å². The molecule has 0 bridgehead atoms. The number of nitrogens with zero attached hydrogens (tertiary/aromatic N) is 2. The van der Waals surface area contributed by atoms with Gasteiger partial charge in [0, 0.05) is 39.3 Å². The van der Waals surface area contributed by atoms with Crippen molar-refractivity contribution < 1.29 is 9.53 Å². The van der Waals surface area contributed by atoms with Crippen LogP contribution in [-0.2, 0) is 9.53 Å². The van der Waals surface area contributed by atoms with Gasteiger partial charge in [-0.05, 0) is 38.8 Å². The first-order chi connectivity index (χ1) is 10.3. The van der Waals surface area contributed by atoms with E-state index in [0.29, 0.717) is 0 Å². The molecule has 2 aliphatic rings. The Balaban J connectivity index is 1.42. The molecule has 2 saturated heterocycles. The number of nitrogens with one attached hydrogen (secondary N) is 1. The average molecular weight is 297 g/mol. The quantitative estimate of drug-likeness (QED) is 0.681. The molecule has 1 N–H and O–H groups in total. The minimum atomic E-state index is -0.181. The van der Waals surface area contributed by atoms with Crippen molar-refractivity contribution in [2.24, 2.45) is 0 Å². The molecule has 1 unspecified atom stereocenters. The summed E-state index contributed by atoms with van der Waals surface area (Å²) in [7, 11) is 0. The Kier molecular flexibility index (Phi) is 7.47. The van der Waals surface area contributed by atoms with Crippen LogP contribution in [0, 0.1) is 0 Å². The van der Waals surface area contributed by atoms with E-state index in [1.165, 1.54) is 52.1 Å². The number of amides is 1. The van der Waals surface area contributed by atoms with Crippen molar-refractivity contribution in [3.8, 4) is 0 Å². The third-order valence-corrected chi connectivity index (χ3v) is 4.58. The first kappa shape index (κ1) is 16.7. The topological polar surface area (TPSA) is 44.8 Å². The lowest BCUT2D eigenvalue weighted by Gasteiger charge is -2.33. The molecule has 2 fully saturated rings. The van der Waals surface area contributed by atoms with Crippen molar-refractivity contribution in [1.82, 2.24) is 15.1 Å². The maximum atomic E-state index is 11.7. The van der Waals surface area contributed by atoms with Crippen LogP contribution in [-0.4, -0.2) is 74.2 Å². The summed E-state index contributed by atoms with van der Waals surface area (Å²) in [6.45, 7) is 11.0. The monoisotopic (exact) mass is 297 g/mol. The fourth-order valence-corrected chi connectivity index (χ4v) is 3.08. The second kappa shape index (κ2) is 9.38. The minimum absolute atomic E-state index is 0.0863. The van der Waals surface area contributed by atoms with Crippen LogP contribution in [0.25, 0.3) is 0 Å². The molecular formula is C16H31N3O2. The molecule has 1 atom stereocenters. The Labute approximate surface area is 129 Å². The molecule has 0 spiro atoms. The summed E-state index contributed by atoms with van der Waals surface area (Å²) in [5, 5.41) is 2.99. The molecule has 0 radical (unpaired) electrons. The molecule has 5 nitrogen and oxygen atoms in total. The molecule has 5 heteroatoms. The van der Waals surface area contributed by atoms with Gasteiger partial charge in [-0.1, -0.05) is 13.3 Å². The molecule has 0 aromatic rings. The van der Waals surface area contributed by atoms with Crippen molar-refractivity contribution in [2.75, 3.05) is 52.4 Å². The van der Waals surface area contributed by atoms with Crippen LogP contribution < -0.4 is 5.32 Å². The SMILES string of the molecule is CCN1CCN(CCCCCNC(=O)C2CCCO2)CC1. The summed E-state index contributed by atoms with van der Waals surface area (Å²) in [5.41, 5.74) is 0. The van der Waals surface area contributed by atoms with E-state index in [1.807, 2.05) is 0 Å². The summed E-state index contributed by atoms with van der Waals surface area (Å²) in [5.74, 6) is 0.0863. The van der Waals surface area contributed by atoms with Gasteiger partial charge in [-0.15, -0.1) is 0 Å². The van der Waals surface area contributed by atoms with Gasteiger partial charge in [-0.3, -0.25) is 4.79 Å². The van der Waals surface area contributed by atoms with Crippen molar-refractivity contribution in [3.63, 3.8) is 0 Å². The predicted molar refractivity (Wildman–Crippen MR) is 84.4 cm³/mol. The van der Waals surface area contributed by atoms with Gasteiger partial charge in [0.05, 0.1) is 0 Å². The van der Waals surface area contributed by atoms with Crippen molar-refractivity contribution in [1.29, 1.82) is 0 Å². The van der Waals surface area contributed by atoms with Gasteiger partial charge in [-0.25, -0.2) is 0 Å². The number of piperazine rings is 1. The number of hydrogen-bond donors (Lipinski definition) is 1. The molecule has 0 aromatic carbocycles. The van der Waals surface area contributed by atoms with Crippen molar-refractivity contribution in [2.45, 2.75) is 45.1 Å². The molecular weight excluding hydrogens is 266 g/mol. The largest absolute Gasteiger partial charge is 0.368 e. The number of carbonyl (C=O) groups excluding carboxylic acids is 1. The van der Waals surface area contributed by atoms with Crippen LogP contribution in [0.4, 0.5) is 0 Å². The van der Waals surface area contributed by atoms with E-state index in [9.17, 15) is 4.79 Å². The van der Waals surface area contributed by atoms with Crippen LogP contribution in [0.2, 0.25) is 0 Å². The van der Waals surface area contributed by atoms with E-state index in [4.69, 9.17) is 4.74 Å². The summed E-state index contributed by atoms with van der Waals surface area (Å²) < 4.78 is 5.37. The summed E-state index contributed by atoms with van der Waals surface area (Å²) in [6.07, 6.45) is 5.23. The van der Waals surface area contributed by atoms with Gasteiger partial charge >= 0.3 is 0 Å². The van der Waals surface area contributed by atoms with Gasteiger partial charge in [0.2, 0.25) is 5.91 Å². The third-order valence-electron chi connectivity index (χ3n) is 4.58. The summed E-state index contributed by atoms with van der Waals surface area (Å²) >= 11 is 0. The lowest BCUT2D eigenvalue weighted by molar-refractivity contribution is -0.130. The van der Waals surface area contributed by atoms with Gasteiger partial charge < -0.3 is 19.9 Å². The Bertz CT molecular complexity index is 298. The van der Waals surface area contributed by atoms with Gasteiger partial charge in [0.25, 0.3) is 0 Å². The van der Waals surface area contributed by atoms with Gasteiger partial charge in [0.15, 0.2) is 0 Å². The fourth-order valence-electron chi connectivity index (χ4n) is 3.08. The van der Waals surface area contributed by atoms with Crippen molar-refractivity contribution >= 4 is 5.91 Å². The molecule has 0 aliphatic carbocycles. The molecule has 2 aliphatic heterocycles. The number of likely N-dealkylation sites (N-methyl/N-ethyl adjacent to an activating group) is 1. The average Bonchev–Trinajstić information content (AvgIpc) is 3.05. The zero-order chi connectivity index (χ0) is 14.9. The van der Waals surface area contributed by atoms with Gasteiger partial charge in [-0.2, -0.15) is 0 Å². The number of ether oxygens (including phenoxy) is 1. The van der Waals surface area contributed by atoms with Crippen LogP contribution in [0.3, 0.4) is 0 Å². The molecule has 21 heavy (non-hydrogen) atoms. The van der Waals surface area contributed by atoms with E-state index >= 15 is 0 Å². The lowest BCUT2D eigenvalue weighted by Crippen LogP contribution is -2.46. The molecule has 2 heterocycles. The zero-order valence-corrected chi connectivity index (χ0v) is 13.5. The molecule has 2 rings (SSSR count). The number of hydrogen-bond acceptors (Lipinski definition) is 4. The molecule has 1 amide bonds. The van der Waals surface area contributed by atoms with E-state index < -0.39 is 0 Å². The van der Waals surface area contributed by atoms with Crippen LogP contribution in [0.5, 0.6) is 0 Å². The van der Waals surface area contributed by atoms with E-state index in [1.54, 1.807) is 0 Å². The Morgan fingerprint density at radius 3 is 2.57 bits per heavy atom. The lowest BCUT2D eigenvalue weighted by atomic mass is 10.2. The van der Waals surface area contributed by atoms with Crippen LogP contribution >= 0.6 is 0 Å². The zero-order valence-electron chi connectivity index (χ0n) is 13.5. The second-order valence-corrected chi connectivity index (χ2v) is 6.13. The minimum Gasteiger partial charge on any atom is -0.368 e. The number of carbonyl (C=O) groups is 1. The Morgan fingerprint density at radius 1 is 1.14 bits per heavy atom. The molecule has 0 saturated carbocycles. The smallest absolute Gasteiger partial charge is 0.249 e. The highest BCUT2D eigenvalue weighted by molar-refractivity contribution is 5.80. The van der Waals surface area contributed by atoms with Crippen molar-refractivity contribution in [3.05, 3.63) is 0 Å². The van der Waals surface area contributed by atoms with Gasteiger partial charge in [0.1, 0.15) is 6.10 Å². The van der Waals surface area contributed by atoms with Crippen LogP contribution in [0.1, 0.15) is 39.0 Å².